The molecule has 0 saturated carbocycles. The van der Waals surface area contributed by atoms with E-state index in [2.05, 4.69) is 5.32 Å². The minimum absolute atomic E-state index is 0.0801. The summed E-state index contributed by atoms with van der Waals surface area (Å²) in [5, 5.41) is 2.63. The van der Waals surface area contributed by atoms with Crippen molar-refractivity contribution in [1.82, 2.24) is 5.32 Å². The number of alkyl halides is 3. The minimum atomic E-state index is -4.52. The molecule has 0 aliphatic carbocycles. The van der Waals surface area contributed by atoms with Crippen molar-refractivity contribution < 1.29 is 27.5 Å². The number of rotatable bonds is 4. The maximum absolute atomic E-state index is 12.8. The lowest BCUT2D eigenvalue weighted by Crippen LogP contribution is -2.37. The molecule has 0 bridgehead atoms. The van der Waals surface area contributed by atoms with Crippen LogP contribution < -0.4 is 15.0 Å². The second-order valence-electron chi connectivity index (χ2n) is 6.16. The zero-order valence-electron chi connectivity index (χ0n) is 14.4. The third kappa shape index (κ3) is 4.21. The van der Waals surface area contributed by atoms with E-state index in [1.165, 1.54) is 24.1 Å². The SMILES string of the molecule is COc1ccc(N2C[C@H](NC(=O)c3cccc(C(F)(F)F)c3)CC2=O)cc1. The Morgan fingerprint density at radius 2 is 1.89 bits per heavy atom. The van der Waals surface area contributed by atoms with Crippen LogP contribution >= 0.6 is 0 Å². The predicted molar refractivity (Wildman–Crippen MR) is 92.7 cm³/mol. The Balaban J connectivity index is 1.68. The number of hydrogen-bond donors (Lipinski definition) is 1. The molecule has 2 aromatic rings. The van der Waals surface area contributed by atoms with Crippen molar-refractivity contribution in [1.29, 1.82) is 0 Å². The highest BCUT2D eigenvalue weighted by Gasteiger charge is 2.33. The minimum Gasteiger partial charge on any atom is -0.497 e. The molecule has 1 heterocycles. The van der Waals surface area contributed by atoms with Gasteiger partial charge >= 0.3 is 6.18 Å². The lowest BCUT2D eigenvalue weighted by atomic mass is 10.1. The van der Waals surface area contributed by atoms with Gasteiger partial charge in [-0.1, -0.05) is 6.07 Å². The summed E-state index contributed by atoms with van der Waals surface area (Å²) in [6, 6.07) is 10.6. The molecule has 1 fully saturated rings. The monoisotopic (exact) mass is 378 g/mol. The Morgan fingerprint density at radius 1 is 1.19 bits per heavy atom. The molecule has 1 aliphatic heterocycles. The fourth-order valence-corrected chi connectivity index (χ4v) is 2.92. The third-order valence-corrected chi connectivity index (χ3v) is 4.30. The number of methoxy groups -OCH3 is 1. The van der Waals surface area contributed by atoms with Gasteiger partial charge in [-0.15, -0.1) is 0 Å². The molecule has 5 nitrogen and oxygen atoms in total. The van der Waals surface area contributed by atoms with Crippen LogP contribution in [0.3, 0.4) is 0 Å². The van der Waals surface area contributed by atoms with Gasteiger partial charge in [0.1, 0.15) is 5.75 Å². The number of amides is 2. The van der Waals surface area contributed by atoms with Crippen LogP contribution in [0.5, 0.6) is 5.75 Å². The third-order valence-electron chi connectivity index (χ3n) is 4.30. The molecule has 142 valence electrons. The molecule has 0 aromatic heterocycles. The molecule has 1 aliphatic rings. The van der Waals surface area contributed by atoms with E-state index in [-0.39, 0.29) is 24.4 Å². The van der Waals surface area contributed by atoms with Gasteiger partial charge in [-0.05, 0) is 42.5 Å². The van der Waals surface area contributed by atoms with Gasteiger partial charge in [0.25, 0.3) is 5.91 Å². The normalized spacial score (nSPS) is 17.1. The van der Waals surface area contributed by atoms with Crippen LogP contribution in [0.25, 0.3) is 0 Å². The second-order valence-corrected chi connectivity index (χ2v) is 6.16. The van der Waals surface area contributed by atoms with Crippen molar-refractivity contribution in [2.75, 3.05) is 18.6 Å². The standard InChI is InChI=1S/C19H17F3N2O3/c1-27-16-7-5-15(6-8-16)24-11-14(10-17(24)25)23-18(26)12-3-2-4-13(9-12)19(20,21)22/h2-9,14H,10-11H2,1H3,(H,23,26)/t14-/m1/s1. The summed E-state index contributed by atoms with van der Waals surface area (Å²) in [5.41, 5.74) is -0.325. The fraction of sp³-hybridized carbons (Fsp3) is 0.263. The molecule has 1 saturated heterocycles. The quantitative estimate of drug-likeness (QED) is 0.889. The van der Waals surface area contributed by atoms with Gasteiger partial charge in [0.2, 0.25) is 5.91 Å². The van der Waals surface area contributed by atoms with E-state index < -0.39 is 23.7 Å². The largest absolute Gasteiger partial charge is 0.497 e. The zero-order chi connectivity index (χ0) is 19.6. The molecule has 3 rings (SSSR count). The highest BCUT2D eigenvalue weighted by atomic mass is 19.4. The molecule has 0 spiro atoms. The molecular weight excluding hydrogens is 361 g/mol. The number of carbonyl (C=O) groups is 2. The summed E-state index contributed by atoms with van der Waals surface area (Å²) in [5.74, 6) is -0.162. The number of ether oxygens (including phenoxy) is 1. The summed E-state index contributed by atoms with van der Waals surface area (Å²) in [7, 11) is 1.54. The van der Waals surface area contributed by atoms with Crippen molar-refractivity contribution in [3.8, 4) is 5.75 Å². The number of hydrogen-bond acceptors (Lipinski definition) is 3. The smallest absolute Gasteiger partial charge is 0.416 e. The van der Waals surface area contributed by atoms with Crippen LogP contribution in [-0.4, -0.2) is 31.5 Å². The van der Waals surface area contributed by atoms with Gasteiger partial charge in [0.05, 0.1) is 18.7 Å². The molecule has 1 N–H and O–H groups in total. The fourth-order valence-electron chi connectivity index (χ4n) is 2.92. The van der Waals surface area contributed by atoms with E-state index in [1.807, 2.05) is 0 Å². The van der Waals surface area contributed by atoms with Crippen molar-refractivity contribution in [3.05, 3.63) is 59.7 Å². The lowest BCUT2D eigenvalue weighted by Gasteiger charge is -2.18. The van der Waals surface area contributed by atoms with E-state index in [9.17, 15) is 22.8 Å². The first-order valence-corrected chi connectivity index (χ1v) is 8.20. The predicted octanol–water partition coefficient (Wildman–Crippen LogP) is 3.25. The average Bonchev–Trinajstić information content (AvgIpc) is 3.01. The van der Waals surface area contributed by atoms with Gasteiger partial charge in [-0.3, -0.25) is 9.59 Å². The highest BCUT2D eigenvalue weighted by molar-refractivity contribution is 5.99. The molecule has 2 aromatic carbocycles. The topological polar surface area (TPSA) is 58.6 Å². The maximum Gasteiger partial charge on any atom is 0.416 e. The van der Waals surface area contributed by atoms with Crippen molar-refractivity contribution in [2.45, 2.75) is 18.6 Å². The van der Waals surface area contributed by atoms with E-state index in [1.54, 1.807) is 24.3 Å². The first-order valence-electron chi connectivity index (χ1n) is 8.20. The summed E-state index contributed by atoms with van der Waals surface area (Å²) < 4.78 is 43.4. The summed E-state index contributed by atoms with van der Waals surface area (Å²) in [6.07, 6.45) is -4.44. The molecule has 2 amide bonds. The van der Waals surface area contributed by atoms with Crippen molar-refractivity contribution in [3.63, 3.8) is 0 Å². The number of carbonyl (C=O) groups excluding carboxylic acids is 2. The molecule has 0 radical (unpaired) electrons. The maximum atomic E-state index is 12.8. The van der Waals surface area contributed by atoms with E-state index in [4.69, 9.17) is 4.74 Å². The molecule has 8 heteroatoms. The van der Waals surface area contributed by atoms with E-state index in [0.717, 1.165) is 12.1 Å². The Bertz CT molecular complexity index is 850. The summed E-state index contributed by atoms with van der Waals surface area (Å²) in [4.78, 5) is 26.1. The van der Waals surface area contributed by atoms with Crippen LogP contribution in [-0.2, 0) is 11.0 Å². The summed E-state index contributed by atoms with van der Waals surface area (Å²) in [6.45, 7) is 0.246. The van der Waals surface area contributed by atoms with Crippen LogP contribution in [0.2, 0.25) is 0 Å². The van der Waals surface area contributed by atoms with Crippen LogP contribution in [0, 0.1) is 0 Å². The van der Waals surface area contributed by atoms with E-state index >= 15 is 0 Å². The Hall–Kier alpha value is -3.03. The van der Waals surface area contributed by atoms with Gasteiger partial charge in [-0.25, -0.2) is 0 Å². The van der Waals surface area contributed by atoms with Gasteiger partial charge in [0.15, 0.2) is 0 Å². The number of halogens is 3. The van der Waals surface area contributed by atoms with Crippen LogP contribution in [0.15, 0.2) is 48.5 Å². The number of anilines is 1. The number of nitrogens with zero attached hydrogens (tertiary/aromatic N) is 1. The first-order chi connectivity index (χ1) is 12.8. The van der Waals surface area contributed by atoms with Gasteiger partial charge in [-0.2, -0.15) is 13.2 Å². The number of nitrogens with one attached hydrogen (secondary N) is 1. The summed E-state index contributed by atoms with van der Waals surface area (Å²) >= 11 is 0. The van der Waals surface area contributed by atoms with E-state index in [0.29, 0.717) is 11.4 Å². The second kappa shape index (κ2) is 7.30. The van der Waals surface area contributed by atoms with Crippen molar-refractivity contribution in [2.24, 2.45) is 0 Å². The Labute approximate surface area is 153 Å². The van der Waals surface area contributed by atoms with Crippen LogP contribution in [0.4, 0.5) is 18.9 Å². The molecule has 27 heavy (non-hydrogen) atoms. The molecule has 1 atom stereocenters. The highest BCUT2D eigenvalue weighted by Crippen LogP contribution is 2.29. The molecule has 0 unspecified atom stereocenters. The Morgan fingerprint density at radius 3 is 2.52 bits per heavy atom. The zero-order valence-corrected chi connectivity index (χ0v) is 14.4. The van der Waals surface area contributed by atoms with Gasteiger partial charge < -0.3 is 15.0 Å². The average molecular weight is 378 g/mol. The molecular formula is C19H17F3N2O3. The number of benzene rings is 2. The van der Waals surface area contributed by atoms with Crippen molar-refractivity contribution >= 4 is 17.5 Å². The Kier molecular flexibility index (Phi) is 5.07. The van der Waals surface area contributed by atoms with Gasteiger partial charge in [0, 0.05) is 24.2 Å². The first kappa shape index (κ1) is 18.8. The lowest BCUT2D eigenvalue weighted by molar-refractivity contribution is -0.137. The van der Waals surface area contributed by atoms with Crippen LogP contribution in [0.1, 0.15) is 22.3 Å².